The number of carbonyl (C=O) groups is 1. The Morgan fingerprint density at radius 3 is 2.61 bits per heavy atom. The monoisotopic (exact) mass is 373 g/mol. The van der Waals surface area contributed by atoms with Crippen LogP contribution in [0.1, 0.15) is 13.0 Å². The number of anilines is 1. The molecular weight excluding hydrogens is 362 g/mol. The van der Waals surface area contributed by atoms with Crippen LogP contribution in [0.5, 0.6) is 0 Å². The topological polar surface area (TPSA) is 98.5 Å². The summed E-state index contributed by atoms with van der Waals surface area (Å²) in [5.41, 5.74) is 0.818. The Bertz CT molecular complexity index is 804. The van der Waals surface area contributed by atoms with Gasteiger partial charge >= 0.3 is 0 Å². The van der Waals surface area contributed by atoms with Gasteiger partial charge in [-0.05, 0) is 42.5 Å². The molecule has 0 aliphatic rings. The second-order valence-corrected chi connectivity index (χ2v) is 5.59. The summed E-state index contributed by atoms with van der Waals surface area (Å²) in [6.45, 7) is 1.67. The summed E-state index contributed by atoms with van der Waals surface area (Å²) in [5.74, 6) is 0.363. The first kappa shape index (κ1) is 15.2. The van der Waals surface area contributed by atoms with Crippen molar-refractivity contribution in [3.63, 3.8) is 0 Å². The van der Waals surface area contributed by atoms with Crippen molar-refractivity contribution >= 4 is 27.8 Å². The third kappa shape index (κ3) is 3.57. The summed E-state index contributed by atoms with van der Waals surface area (Å²) in [4.78, 5) is 21.3. The summed E-state index contributed by atoms with van der Waals surface area (Å²) >= 11 is 3.37. The highest BCUT2D eigenvalue weighted by Gasteiger charge is 2.19. The Morgan fingerprint density at radius 2 is 1.91 bits per heavy atom. The molecule has 0 aliphatic heterocycles. The molecule has 0 saturated carbocycles. The summed E-state index contributed by atoms with van der Waals surface area (Å²) in [7, 11) is 0. The van der Waals surface area contributed by atoms with Crippen LogP contribution < -0.4 is 5.32 Å². The van der Waals surface area contributed by atoms with E-state index in [0.29, 0.717) is 5.82 Å². The van der Waals surface area contributed by atoms with Gasteiger partial charge in [0, 0.05) is 22.4 Å². The van der Waals surface area contributed by atoms with Crippen molar-refractivity contribution in [3.8, 4) is 11.4 Å². The van der Waals surface area contributed by atoms with Gasteiger partial charge in [-0.25, -0.2) is 9.97 Å². The molecule has 2 aromatic heterocycles. The number of carbonyl (C=O) groups excluding carboxylic acids is 1. The van der Waals surface area contributed by atoms with E-state index in [9.17, 15) is 4.79 Å². The quantitative estimate of drug-likeness (QED) is 0.751. The van der Waals surface area contributed by atoms with E-state index >= 15 is 0 Å². The molecule has 0 saturated heterocycles. The molecule has 116 valence electrons. The second-order valence-electron chi connectivity index (χ2n) is 4.68. The van der Waals surface area contributed by atoms with Gasteiger partial charge in [0.2, 0.25) is 11.8 Å². The van der Waals surface area contributed by atoms with Crippen molar-refractivity contribution in [3.05, 3.63) is 47.2 Å². The average Bonchev–Trinajstić information content (AvgIpc) is 3.05. The first-order valence-electron chi connectivity index (χ1n) is 6.77. The number of benzene rings is 1. The third-order valence-corrected chi connectivity index (χ3v) is 3.59. The van der Waals surface area contributed by atoms with Crippen LogP contribution in [-0.2, 0) is 4.79 Å². The Balaban J connectivity index is 1.74. The molecule has 1 atom stereocenters. The van der Waals surface area contributed by atoms with E-state index in [1.807, 2.05) is 24.3 Å². The highest BCUT2D eigenvalue weighted by atomic mass is 79.9. The molecule has 23 heavy (non-hydrogen) atoms. The van der Waals surface area contributed by atoms with Gasteiger partial charge in [0.05, 0.1) is 0 Å². The molecule has 0 spiro atoms. The van der Waals surface area contributed by atoms with Gasteiger partial charge in [0.25, 0.3) is 5.91 Å². The molecule has 3 rings (SSSR count). The molecule has 1 N–H and O–H groups in total. The fraction of sp³-hybridized carbons (Fsp3) is 0.143. The van der Waals surface area contributed by atoms with Gasteiger partial charge in [0.1, 0.15) is 6.04 Å². The van der Waals surface area contributed by atoms with Crippen LogP contribution >= 0.6 is 15.9 Å². The first-order valence-corrected chi connectivity index (χ1v) is 7.56. The molecule has 1 aromatic carbocycles. The standard InChI is InChI=1S/C14H12BrN7O/c1-9(13(23)18-14-16-7-2-8-17-14)22-20-12(19-21-22)10-3-5-11(15)6-4-10/h2-9H,1H3,(H,16,17,18,23). The Kier molecular flexibility index (Phi) is 4.38. The van der Waals surface area contributed by atoms with Crippen molar-refractivity contribution in [1.29, 1.82) is 0 Å². The van der Waals surface area contributed by atoms with Crippen LogP contribution in [0.25, 0.3) is 11.4 Å². The third-order valence-electron chi connectivity index (χ3n) is 3.06. The average molecular weight is 374 g/mol. The van der Waals surface area contributed by atoms with Crippen molar-refractivity contribution in [2.24, 2.45) is 0 Å². The minimum Gasteiger partial charge on any atom is -0.293 e. The molecule has 0 radical (unpaired) electrons. The molecule has 3 aromatic rings. The molecular formula is C14H12BrN7O. The van der Waals surface area contributed by atoms with Gasteiger partial charge < -0.3 is 0 Å². The minimum absolute atomic E-state index is 0.234. The van der Waals surface area contributed by atoms with Crippen LogP contribution in [0.2, 0.25) is 0 Å². The smallest absolute Gasteiger partial charge is 0.253 e. The maximum atomic E-state index is 12.2. The lowest BCUT2D eigenvalue weighted by atomic mass is 10.2. The van der Waals surface area contributed by atoms with Gasteiger partial charge in [-0.3, -0.25) is 10.1 Å². The molecule has 8 nitrogen and oxygen atoms in total. The van der Waals surface area contributed by atoms with E-state index in [1.54, 1.807) is 25.4 Å². The van der Waals surface area contributed by atoms with Crippen LogP contribution in [0, 0.1) is 0 Å². The van der Waals surface area contributed by atoms with Crippen molar-refractivity contribution in [2.75, 3.05) is 5.32 Å². The molecule has 0 aliphatic carbocycles. The van der Waals surface area contributed by atoms with E-state index in [2.05, 4.69) is 46.6 Å². The zero-order chi connectivity index (χ0) is 16.2. The number of halogens is 1. The largest absolute Gasteiger partial charge is 0.293 e. The SMILES string of the molecule is CC(C(=O)Nc1ncccn1)n1nnc(-c2ccc(Br)cc2)n1. The number of nitrogens with one attached hydrogen (secondary N) is 1. The number of tetrazole rings is 1. The van der Waals surface area contributed by atoms with Crippen molar-refractivity contribution in [1.82, 2.24) is 30.2 Å². The van der Waals surface area contributed by atoms with E-state index in [1.165, 1.54) is 4.80 Å². The lowest BCUT2D eigenvalue weighted by Gasteiger charge is -2.09. The number of nitrogens with zero attached hydrogens (tertiary/aromatic N) is 6. The zero-order valence-corrected chi connectivity index (χ0v) is 13.7. The van der Waals surface area contributed by atoms with Crippen LogP contribution in [0.15, 0.2) is 47.2 Å². The van der Waals surface area contributed by atoms with E-state index < -0.39 is 6.04 Å². The van der Waals surface area contributed by atoms with Gasteiger partial charge in [-0.1, -0.05) is 15.9 Å². The van der Waals surface area contributed by atoms with Crippen LogP contribution in [0.3, 0.4) is 0 Å². The lowest BCUT2D eigenvalue weighted by Crippen LogP contribution is -2.26. The summed E-state index contributed by atoms with van der Waals surface area (Å²) in [6.07, 6.45) is 3.10. The van der Waals surface area contributed by atoms with E-state index in [4.69, 9.17) is 0 Å². The predicted octanol–water partition coefficient (Wildman–Crippen LogP) is 2.09. The maximum Gasteiger partial charge on any atom is 0.253 e. The summed E-state index contributed by atoms with van der Waals surface area (Å²) in [5, 5.41) is 14.8. The number of hydrogen-bond acceptors (Lipinski definition) is 6. The number of aromatic nitrogens is 6. The Morgan fingerprint density at radius 1 is 1.22 bits per heavy atom. The van der Waals surface area contributed by atoms with E-state index in [-0.39, 0.29) is 11.9 Å². The minimum atomic E-state index is -0.643. The Labute approximate surface area is 140 Å². The molecule has 9 heteroatoms. The fourth-order valence-corrected chi connectivity index (χ4v) is 2.05. The van der Waals surface area contributed by atoms with Gasteiger partial charge in [-0.2, -0.15) is 4.80 Å². The number of amides is 1. The molecule has 2 heterocycles. The van der Waals surface area contributed by atoms with Crippen molar-refractivity contribution in [2.45, 2.75) is 13.0 Å². The normalized spacial score (nSPS) is 11.9. The maximum absolute atomic E-state index is 12.2. The first-order chi connectivity index (χ1) is 11.1. The van der Waals surface area contributed by atoms with Crippen LogP contribution in [0.4, 0.5) is 5.95 Å². The number of rotatable bonds is 4. The highest BCUT2D eigenvalue weighted by Crippen LogP contribution is 2.18. The zero-order valence-electron chi connectivity index (χ0n) is 12.1. The van der Waals surface area contributed by atoms with Crippen molar-refractivity contribution < 1.29 is 4.79 Å². The molecule has 1 unspecified atom stereocenters. The summed E-state index contributed by atoms with van der Waals surface area (Å²) in [6, 6.07) is 8.54. The Hall–Kier alpha value is -2.68. The fourth-order valence-electron chi connectivity index (χ4n) is 1.79. The van der Waals surface area contributed by atoms with Gasteiger partial charge in [-0.15, -0.1) is 10.2 Å². The molecule has 1 amide bonds. The predicted molar refractivity (Wildman–Crippen MR) is 86.3 cm³/mol. The summed E-state index contributed by atoms with van der Waals surface area (Å²) < 4.78 is 0.962. The van der Waals surface area contributed by atoms with Gasteiger partial charge in [0.15, 0.2) is 0 Å². The molecule has 0 fully saturated rings. The van der Waals surface area contributed by atoms with E-state index in [0.717, 1.165) is 10.0 Å². The highest BCUT2D eigenvalue weighted by molar-refractivity contribution is 9.10. The lowest BCUT2D eigenvalue weighted by molar-refractivity contribution is -0.119. The number of hydrogen-bond donors (Lipinski definition) is 1. The van der Waals surface area contributed by atoms with Crippen LogP contribution in [-0.4, -0.2) is 36.1 Å². The molecule has 0 bridgehead atoms. The second kappa shape index (κ2) is 6.61.